The van der Waals surface area contributed by atoms with Gasteiger partial charge >= 0.3 is 5.97 Å². The first-order valence-corrected chi connectivity index (χ1v) is 6.15. The van der Waals surface area contributed by atoms with Crippen LogP contribution in [0, 0.1) is 5.92 Å². The third-order valence-electron chi connectivity index (χ3n) is 3.57. The standard InChI is InChI=1S/C12H16N2O3/c15-12(16)9-7-8(9)10-4-5-14(13-10)11-3-1-2-6-17-11/h4-5,8-9,11H,1-3,6-7H2,(H,15,16)/t8-,9-,11?/m1/s1. The van der Waals surface area contributed by atoms with Crippen LogP contribution in [0.4, 0.5) is 0 Å². The first-order valence-electron chi connectivity index (χ1n) is 6.15. The van der Waals surface area contributed by atoms with Crippen molar-refractivity contribution in [2.24, 2.45) is 5.92 Å². The zero-order chi connectivity index (χ0) is 11.8. The topological polar surface area (TPSA) is 64.3 Å². The van der Waals surface area contributed by atoms with Crippen LogP contribution >= 0.6 is 0 Å². The lowest BCUT2D eigenvalue weighted by molar-refractivity contribution is -0.138. The van der Waals surface area contributed by atoms with Gasteiger partial charge in [0.15, 0.2) is 0 Å². The molecule has 2 aliphatic rings. The van der Waals surface area contributed by atoms with E-state index in [0.29, 0.717) is 0 Å². The molecule has 1 unspecified atom stereocenters. The van der Waals surface area contributed by atoms with E-state index in [1.54, 1.807) is 0 Å². The molecular formula is C12H16N2O3. The van der Waals surface area contributed by atoms with Crippen LogP contribution in [-0.2, 0) is 9.53 Å². The third-order valence-corrected chi connectivity index (χ3v) is 3.57. The fourth-order valence-corrected chi connectivity index (χ4v) is 2.44. The molecule has 92 valence electrons. The molecule has 2 heterocycles. The van der Waals surface area contributed by atoms with Crippen LogP contribution < -0.4 is 0 Å². The van der Waals surface area contributed by atoms with E-state index in [4.69, 9.17) is 9.84 Å². The van der Waals surface area contributed by atoms with Crippen molar-refractivity contribution in [3.63, 3.8) is 0 Å². The number of aliphatic carboxylic acids is 1. The Balaban J connectivity index is 1.68. The Bertz CT molecular complexity index is 423. The summed E-state index contributed by atoms with van der Waals surface area (Å²) in [6, 6.07) is 1.92. The maximum absolute atomic E-state index is 10.8. The van der Waals surface area contributed by atoms with E-state index in [0.717, 1.165) is 31.6 Å². The van der Waals surface area contributed by atoms with Gasteiger partial charge in [-0.25, -0.2) is 4.68 Å². The fourth-order valence-electron chi connectivity index (χ4n) is 2.44. The van der Waals surface area contributed by atoms with E-state index in [-0.39, 0.29) is 18.1 Å². The molecule has 17 heavy (non-hydrogen) atoms. The number of hydrogen-bond donors (Lipinski definition) is 1. The smallest absolute Gasteiger partial charge is 0.307 e. The summed E-state index contributed by atoms with van der Waals surface area (Å²) >= 11 is 0. The normalized spacial score (nSPS) is 32.4. The molecule has 1 saturated heterocycles. The highest BCUT2D eigenvalue weighted by atomic mass is 16.5. The van der Waals surface area contributed by atoms with Crippen LogP contribution in [0.3, 0.4) is 0 Å². The molecule has 2 fully saturated rings. The Kier molecular flexibility index (Phi) is 2.63. The minimum absolute atomic E-state index is 0.0412. The van der Waals surface area contributed by atoms with Crippen LogP contribution in [0.15, 0.2) is 12.3 Å². The molecule has 0 aromatic carbocycles. The number of nitrogens with zero attached hydrogens (tertiary/aromatic N) is 2. The number of carboxylic acid groups (broad SMARTS) is 1. The Morgan fingerprint density at radius 2 is 2.41 bits per heavy atom. The number of aromatic nitrogens is 2. The summed E-state index contributed by atoms with van der Waals surface area (Å²) in [4.78, 5) is 10.8. The maximum atomic E-state index is 10.8. The molecule has 0 bridgehead atoms. The average molecular weight is 236 g/mol. The second-order valence-electron chi connectivity index (χ2n) is 4.83. The highest BCUT2D eigenvalue weighted by molar-refractivity contribution is 5.75. The molecule has 5 nitrogen and oxygen atoms in total. The monoisotopic (exact) mass is 236 g/mol. The minimum atomic E-state index is -0.710. The SMILES string of the molecule is O=C(O)[C@@H]1C[C@H]1c1ccn(C2CCCCO2)n1. The lowest BCUT2D eigenvalue weighted by atomic mass is 10.2. The van der Waals surface area contributed by atoms with Crippen LogP contribution in [0.25, 0.3) is 0 Å². The quantitative estimate of drug-likeness (QED) is 0.868. The lowest BCUT2D eigenvalue weighted by Gasteiger charge is -2.22. The molecule has 1 aromatic heterocycles. The summed E-state index contributed by atoms with van der Waals surface area (Å²) in [5.41, 5.74) is 0.895. The first-order chi connectivity index (χ1) is 8.25. The summed E-state index contributed by atoms with van der Waals surface area (Å²) in [5.74, 6) is -0.832. The summed E-state index contributed by atoms with van der Waals surface area (Å²) in [5, 5.41) is 13.3. The van der Waals surface area contributed by atoms with Gasteiger partial charge in [-0.1, -0.05) is 0 Å². The van der Waals surface area contributed by atoms with Crippen molar-refractivity contribution in [1.82, 2.24) is 9.78 Å². The second kappa shape index (κ2) is 4.14. The number of ether oxygens (including phenoxy) is 1. The highest BCUT2D eigenvalue weighted by Gasteiger charge is 2.45. The summed E-state index contributed by atoms with van der Waals surface area (Å²) in [6.45, 7) is 0.793. The van der Waals surface area contributed by atoms with Crippen molar-refractivity contribution in [3.8, 4) is 0 Å². The van der Waals surface area contributed by atoms with Gasteiger partial charge in [-0.05, 0) is 31.7 Å². The number of carboxylic acids is 1. The molecule has 1 saturated carbocycles. The zero-order valence-electron chi connectivity index (χ0n) is 9.58. The van der Waals surface area contributed by atoms with Gasteiger partial charge in [-0.3, -0.25) is 4.79 Å². The predicted molar refractivity (Wildman–Crippen MR) is 59.6 cm³/mol. The molecule has 5 heteroatoms. The molecule has 0 radical (unpaired) electrons. The largest absolute Gasteiger partial charge is 0.481 e. The van der Waals surface area contributed by atoms with Crippen molar-refractivity contribution in [3.05, 3.63) is 18.0 Å². The van der Waals surface area contributed by atoms with Crippen molar-refractivity contribution in [1.29, 1.82) is 0 Å². The van der Waals surface area contributed by atoms with Crippen molar-refractivity contribution < 1.29 is 14.6 Å². The van der Waals surface area contributed by atoms with Crippen LogP contribution in [0.2, 0.25) is 0 Å². The number of carbonyl (C=O) groups is 1. The molecule has 0 amide bonds. The van der Waals surface area contributed by atoms with Crippen LogP contribution in [-0.4, -0.2) is 27.5 Å². The third kappa shape index (κ3) is 2.07. The van der Waals surface area contributed by atoms with Gasteiger partial charge < -0.3 is 9.84 Å². The molecule has 3 atom stereocenters. The van der Waals surface area contributed by atoms with E-state index in [1.165, 1.54) is 6.42 Å². The second-order valence-corrected chi connectivity index (χ2v) is 4.83. The summed E-state index contributed by atoms with van der Waals surface area (Å²) in [7, 11) is 0. The highest BCUT2D eigenvalue weighted by Crippen LogP contribution is 2.46. The van der Waals surface area contributed by atoms with Gasteiger partial charge in [-0.15, -0.1) is 0 Å². The molecule has 1 aliphatic heterocycles. The molecule has 0 spiro atoms. The van der Waals surface area contributed by atoms with Crippen molar-refractivity contribution >= 4 is 5.97 Å². The summed E-state index contributed by atoms with van der Waals surface area (Å²) in [6.07, 6.45) is 5.95. The first kappa shape index (κ1) is 10.8. The lowest BCUT2D eigenvalue weighted by Crippen LogP contribution is -2.18. The van der Waals surface area contributed by atoms with Crippen LogP contribution in [0.5, 0.6) is 0 Å². The Morgan fingerprint density at radius 3 is 3.06 bits per heavy atom. The Labute approximate surface area is 99.4 Å². The van der Waals surface area contributed by atoms with E-state index in [2.05, 4.69) is 5.10 Å². The van der Waals surface area contributed by atoms with E-state index >= 15 is 0 Å². The Hall–Kier alpha value is -1.36. The van der Waals surface area contributed by atoms with Gasteiger partial charge in [0.2, 0.25) is 0 Å². The molecule has 1 aliphatic carbocycles. The van der Waals surface area contributed by atoms with Gasteiger partial charge in [0, 0.05) is 18.7 Å². The molecule has 3 rings (SSSR count). The summed E-state index contributed by atoms with van der Waals surface area (Å²) < 4.78 is 7.47. The van der Waals surface area contributed by atoms with Gasteiger partial charge in [0.1, 0.15) is 6.23 Å². The molecule has 1 aromatic rings. The molecule has 1 N–H and O–H groups in total. The van der Waals surface area contributed by atoms with Gasteiger partial charge in [0.05, 0.1) is 11.6 Å². The predicted octanol–water partition coefficient (Wildman–Crippen LogP) is 1.77. The number of hydrogen-bond acceptors (Lipinski definition) is 3. The van der Waals surface area contributed by atoms with E-state index < -0.39 is 5.97 Å². The van der Waals surface area contributed by atoms with Gasteiger partial charge in [-0.2, -0.15) is 5.10 Å². The Morgan fingerprint density at radius 1 is 1.53 bits per heavy atom. The number of rotatable bonds is 3. The van der Waals surface area contributed by atoms with Crippen molar-refractivity contribution in [2.75, 3.05) is 6.61 Å². The van der Waals surface area contributed by atoms with Crippen molar-refractivity contribution in [2.45, 2.75) is 37.8 Å². The zero-order valence-corrected chi connectivity index (χ0v) is 9.58. The fraction of sp³-hybridized carbons (Fsp3) is 0.667. The molecular weight excluding hydrogens is 220 g/mol. The van der Waals surface area contributed by atoms with Crippen LogP contribution in [0.1, 0.15) is 43.5 Å². The average Bonchev–Trinajstić information content (AvgIpc) is 3.01. The van der Waals surface area contributed by atoms with E-state index in [9.17, 15) is 4.79 Å². The van der Waals surface area contributed by atoms with E-state index in [1.807, 2.05) is 16.9 Å². The minimum Gasteiger partial charge on any atom is -0.481 e. The maximum Gasteiger partial charge on any atom is 0.307 e. The van der Waals surface area contributed by atoms with Gasteiger partial charge in [0.25, 0.3) is 0 Å².